The number of carbonyl (C=O) groups excluding carboxylic acids is 1. The lowest BCUT2D eigenvalue weighted by atomic mass is 9.97. The lowest BCUT2D eigenvalue weighted by Gasteiger charge is -2.31. The molecule has 0 aromatic carbocycles. The van der Waals surface area contributed by atoms with Gasteiger partial charge in [0.25, 0.3) is 5.91 Å². The van der Waals surface area contributed by atoms with Gasteiger partial charge in [-0.1, -0.05) is 6.07 Å². The molecule has 0 atom stereocenters. The van der Waals surface area contributed by atoms with Crippen LogP contribution in [0.1, 0.15) is 22.5 Å². The molecular weight excluding hydrogens is 242 g/mol. The predicted octanol–water partition coefficient (Wildman–Crippen LogP) is 1.74. The van der Waals surface area contributed by atoms with Crippen LogP contribution in [0.5, 0.6) is 0 Å². The number of aliphatic hydroxyl groups is 1. The maximum atomic E-state index is 11.7. The lowest BCUT2D eigenvalue weighted by molar-refractivity contribution is 0.0312. The van der Waals surface area contributed by atoms with Crippen molar-refractivity contribution in [2.24, 2.45) is 0 Å². The molecule has 0 unspecified atom stereocenters. The van der Waals surface area contributed by atoms with Crippen LogP contribution in [-0.2, 0) is 0 Å². The van der Waals surface area contributed by atoms with Gasteiger partial charge in [0.2, 0.25) is 0 Å². The highest BCUT2D eigenvalue weighted by Gasteiger charge is 2.29. The predicted molar refractivity (Wildman–Crippen MR) is 68.2 cm³/mol. The zero-order valence-electron chi connectivity index (χ0n) is 8.94. The monoisotopic (exact) mass is 257 g/mol. The zero-order chi connectivity index (χ0) is 11.4. The Morgan fingerprint density at radius 3 is 2.88 bits per heavy atom. The number of thioether (sulfide) groups is 1. The Labute approximate surface area is 103 Å². The van der Waals surface area contributed by atoms with E-state index >= 15 is 0 Å². The molecule has 3 nitrogen and oxygen atoms in total. The minimum absolute atomic E-state index is 0.0818. The summed E-state index contributed by atoms with van der Waals surface area (Å²) in [6, 6.07) is 3.65. The van der Waals surface area contributed by atoms with E-state index in [1.807, 2.05) is 23.2 Å². The third-order valence-corrected chi connectivity index (χ3v) is 4.60. The molecule has 2 N–H and O–H groups in total. The Balaban J connectivity index is 1.84. The zero-order valence-corrected chi connectivity index (χ0v) is 10.6. The quantitative estimate of drug-likeness (QED) is 0.867. The number of hydrogen-bond acceptors (Lipinski definition) is 4. The average molecular weight is 257 g/mol. The van der Waals surface area contributed by atoms with Crippen LogP contribution in [0.2, 0.25) is 0 Å². The van der Waals surface area contributed by atoms with E-state index in [1.165, 1.54) is 11.3 Å². The van der Waals surface area contributed by atoms with E-state index in [9.17, 15) is 9.90 Å². The summed E-state index contributed by atoms with van der Waals surface area (Å²) in [6.07, 6.45) is 1.53. The summed E-state index contributed by atoms with van der Waals surface area (Å²) in [5.41, 5.74) is -0.696. The van der Waals surface area contributed by atoms with Crippen LogP contribution < -0.4 is 5.32 Å². The molecule has 2 rings (SSSR count). The van der Waals surface area contributed by atoms with Gasteiger partial charge < -0.3 is 10.4 Å². The number of rotatable bonds is 3. The van der Waals surface area contributed by atoms with Crippen molar-refractivity contribution in [2.45, 2.75) is 18.4 Å². The van der Waals surface area contributed by atoms with Gasteiger partial charge in [-0.15, -0.1) is 11.3 Å². The fourth-order valence-electron chi connectivity index (χ4n) is 1.67. The van der Waals surface area contributed by atoms with Crippen molar-refractivity contribution < 1.29 is 9.90 Å². The van der Waals surface area contributed by atoms with E-state index in [0.717, 1.165) is 24.3 Å². The Morgan fingerprint density at radius 1 is 1.50 bits per heavy atom. The third-order valence-electron chi connectivity index (χ3n) is 2.75. The molecular formula is C11H15NO2S2. The smallest absolute Gasteiger partial charge is 0.261 e. The maximum Gasteiger partial charge on any atom is 0.261 e. The van der Waals surface area contributed by atoms with Crippen LogP contribution in [0.15, 0.2) is 17.5 Å². The van der Waals surface area contributed by atoms with Crippen LogP contribution in [0.25, 0.3) is 0 Å². The molecule has 0 bridgehead atoms. The summed E-state index contributed by atoms with van der Waals surface area (Å²) in [6.45, 7) is 0.365. The van der Waals surface area contributed by atoms with Gasteiger partial charge in [0.05, 0.1) is 10.5 Å². The van der Waals surface area contributed by atoms with E-state index < -0.39 is 5.60 Å². The third kappa shape index (κ3) is 2.99. The fourth-order valence-corrected chi connectivity index (χ4v) is 3.56. The second-order valence-electron chi connectivity index (χ2n) is 4.00. The van der Waals surface area contributed by atoms with Crippen molar-refractivity contribution in [2.75, 3.05) is 18.1 Å². The normalized spacial score (nSPS) is 19.3. The second-order valence-corrected chi connectivity index (χ2v) is 6.17. The van der Waals surface area contributed by atoms with Gasteiger partial charge in [-0.2, -0.15) is 11.8 Å². The van der Waals surface area contributed by atoms with E-state index in [1.54, 1.807) is 6.07 Å². The molecule has 1 aromatic rings. The first-order valence-corrected chi connectivity index (χ1v) is 7.35. The highest BCUT2D eigenvalue weighted by Crippen LogP contribution is 2.26. The largest absolute Gasteiger partial charge is 0.388 e. The maximum absolute atomic E-state index is 11.7. The Bertz CT molecular complexity index is 345. The lowest BCUT2D eigenvalue weighted by Crippen LogP contribution is -2.45. The van der Waals surface area contributed by atoms with Gasteiger partial charge >= 0.3 is 0 Å². The number of carbonyl (C=O) groups is 1. The molecule has 5 heteroatoms. The van der Waals surface area contributed by atoms with E-state index in [-0.39, 0.29) is 5.91 Å². The molecule has 88 valence electrons. The van der Waals surface area contributed by atoms with Crippen molar-refractivity contribution in [3.05, 3.63) is 22.4 Å². The van der Waals surface area contributed by atoms with E-state index in [2.05, 4.69) is 5.32 Å². The first kappa shape index (κ1) is 12.0. The molecule has 1 saturated heterocycles. The summed E-state index contributed by atoms with van der Waals surface area (Å²) < 4.78 is 0. The van der Waals surface area contributed by atoms with Crippen molar-refractivity contribution in [1.82, 2.24) is 5.32 Å². The van der Waals surface area contributed by atoms with Crippen LogP contribution in [0, 0.1) is 0 Å². The van der Waals surface area contributed by atoms with Gasteiger partial charge in [-0.05, 0) is 35.8 Å². The number of hydrogen-bond donors (Lipinski definition) is 2. The van der Waals surface area contributed by atoms with Crippen LogP contribution in [0.3, 0.4) is 0 Å². The highest BCUT2D eigenvalue weighted by atomic mass is 32.2. The van der Waals surface area contributed by atoms with Gasteiger partial charge in [0, 0.05) is 6.54 Å². The molecule has 1 amide bonds. The van der Waals surface area contributed by atoms with Gasteiger partial charge in [0.15, 0.2) is 0 Å². The van der Waals surface area contributed by atoms with Gasteiger partial charge in [-0.25, -0.2) is 0 Å². The highest BCUT2D eigenvalue weighted by molar-refractivity contribution is 7.99. The Morgan fingerprint density at radius 2 is 2.25 bits per heavy atom. The second kappa shape index (κ2) is 5.21. The molecule has 0 radical (unpaired) electrons. The summed E-state index contributed by atoms with van der Waals surface area (Å²) in [7, 11) is 0. The SMILES string of the molecule is O=C(NCC1(O)CCSCC1)c1cccs1. The topological polar surface area (TPSA) is 49.3 Å². The Kier molecular flexibility index (Phi) is 3.89. The van der Waals surface area contributed by atoms with Crippen molar-refractivity contribution in [1.29, 1.82) is 0 Å². The summed E-state index contributed by atoms with van der Waals surface area (Å²) >= 11 is 3.28. The average Bonchev–Trinajstić information content (AvgIpc) is 2.80. The fraction of sp³-hybridized carbons (Fsp3) is 0.545. The number of nitrogens with one attached hydrogen (secondary N) is 1. The minimum Gasteiger partial charge on any atom is -0.388 e. The molecule has 1 aromatic heterocycles. The molecule has 0 saturated carbocycles. The number of thiophene rings is 1. The molecule has 1 aliphatic heterocycles. The van der Waals surface area contributed by atoms with Crippen LogP contribution in [0.4, 0.5) is 0 Å². The molecule has 1 aliphatic rings. The summed E-state index contributed by atoms with van der Waals surface area (Å²) in [5.74, 6) is 1.87. The van der Waals surface area contributed by atoms with Crippen molar-refractivity contribution >= 4 is 29.0 Å². The van der Waals surface area contributed by atoms with Gasteiger partial charge in [-0.3, -0.25) is 4.79 Å². The van der Waals surface area contributed by atoms with Crippen LogP contribution >= 0.6 is 23.1 Å². The van der Waals surface area contributed by atoms with Crippen molar-refractivity contribution in [3.63, 3.8) is 0 Å². The van der Waals surface area contributed by atoms with E-state index in [0.29, 0.717) is 11.4 Å². The van der Waals surface area contributed by atoms with E-state index in [4.69, 9.17) is 0 Å². The van der Waals surface area contributed by atoms with Gasteiger partial charge in [0.1, 0.15) is 0 Å². The molecule has 2 heterocycles. The first-order valence-electron chi connectivity index (χ1n) is 5.31. The standard InChI is InChI=1S/C11H15NO2S2/c13-10(9-2-1-5-16-9)12-8-11(14)3-6-15-7-4-11/h1-2,5,14H,3-4,6-8H2,(H,12,13). The van der Waals surface area contributed by atoms with Crippen LogP contribution in [-0.4, -0.2) is 34.7 Å². The molecule has 0 aliphatic carbocycles. The molecule has 16 heavy (non-hydrogen) atoms. The van der Waals surface area contributed by atoms with Crippen molar-refractivity contribution in [3.8, 4) is 0 Å². The summed E-state index contributed by atoms with van der Waals surface area (Å²) in [5, 5.41) is 14.9. The number of amides is 1. The first-order chi connectivity index (χ1) is 7.70. The summed E-state index contributed by atoms with van der Waals surface area (Å²) in [4.78, 5) is 12.4. The molecule has 1 fully saturated rings. The Hall–Kier alpha value is -0.520. The minimum atomic E-state index is -0.696. The molecule has 0 spiro atoms.